The zero-order valence-electron chi connectivity index (χ0n) is 9.21. The van der Waals surface area contributed by atoms with Crippen LogP contribution in [0.15, 0.2) is 24.3 Å². The van der Waals surface area contributed by atoms with Crippen LogP contribution in [0.25, 0.3) is 10.9 Å². The van der Waals surface area contributed by atoms with Crippen molar-refractivity contribution in [3.05, 3.63) is 41.3 Å². The summed E-state index contributed by atoms with van der Waals surface area (Å²) in [5, 5.41) is 0.926. The molecule has 2 aromatic rings. The molecule has 0 fully saturated rings. The lowest BCUT2D eigenvalue weighted by Crippen LogP contribution is -1.95. The van der Waals surface area contributed by atoms with E-state index in [1.807, 2.05) is 19.1 Å². The highest BCUT2D eigenvalue weighted by Crippen LogP contribution is 2.26. The highest BCUT2D eigenvalue weighted by Gasteiger charge is 2.09. The minimum absolute atomic E-state index is 0.238. The van der Waals surface area contributed by atoms with Crippen LogP contribution in [0.2, 0.25) is 0 Å². The van der Waals surface area contributed by atoms with Crippen LogP contribution in [0.1, 0.15) is 31.0 Å². The number of para-hydroxylation sites is 1. The molecule has 0 aliphatic heterocycles. The molecule has 0 bridgehead atoms. The summed E-state index contributed by atoms with van der Waals surface area (Å²) in [5.74, 6) is 0.147. The molecule has 0 aliphatic rings. The fourth-order valence-electron chi connectivity index (χ4n) is 1.85. The maximum atomic E-state index is 13.5. The van der Waals surface area contributed by atoms with E-state index in [0.29, 0.717) is 11.4 Å². The molecule has 0 unspecified atom stereocenters. The van der Waals surface area contributed by atoms with E-state index in [0.717, 1.165) is 16.6 Å². The van der Waals surface area contributed by atoms with Gasteiger partial charge < -0.3 is 0 Å². The lowest BCUT2D eigenvalue weighted by Gasteiger charge is -2.11. The molecule has 0 saturated heterocycles. The fourth-order valence-corrected chi connectivity index (χ4v) is 1.85. The first-order valence-corrected chi connectivity index (χ1v) is 5.15. The molecular weight excluding hydrogens is 189 g/mol. The van der Waals surface area contributed by atoms with Crippen molar-refractivity contribution in [2.45, 2.75) is 26.7 Å². The second-order valence-electron chi connectivity index (χ2n) is 4.14. The average molecular weight is 203 g/mol. The van der Waals surface area contributed by atoms with Crippen molar-refractivity contribution in [2.24, 2.45) is 0 Å². The van der Waals surface area contributed by atoms with Gasteiger partial charge >= 0.3 is 0 Å². The molecule has 78 valence electrons. The van der Waals surface area contributed by atoms with E-state index in [1.54, 1.807) is 6.07 Å². The van der Waals surface area contributed by atoms with Crippen LogP contribution in [0.4, 0.5) is 4.39 Å². The van der Waals surface area contributed by atoms with Crippen molar-refractivity contribution in [1.82, 2.24) is 4.98 Å². The van der Waals surface area contributed by atoms with E-state index in [2.05, 4.69) is 18.8 Å². The number of fused-ring (bicyclic) bond motifs is 1. The van der Waals surface area contributed by atoms with Crippen molar-refractivity contribution >= 4 is 10.9 Å². The number of halogens is 1. The van der Waals surface area contributed by atoms with Crippen molar-refractivity contribution in [1.29, 1.82) is 0 Å². The lowest BCUT2D eigenvalue weighted by molar-refractivity contribution is 0.636. The van der Waals surface area contributed by atoms with E-state index >= 15 is 0 Å². The Kier molecular flexibility index (Phi) is 2.43. The van der Waals surface area contributed by atoms with Gasteiger partial charge in [0.05, 0.1) is 0 Å². The smallest absolute Gasteiger partial charge is 0.149 e. The van der Waals surface area contributed by atoms with E-state index in [4.69, 9.17) is 0 Å². The van der Waals surface area contributed by atoms with E-state index in [9.17, 15) is 4.39 Å². The molecule has 0 radical (unpaired) electrons. The number of aromatic nitrogens is 1. The van der Waals surface area contributed by atoms with Gasteiger partial charge in [0.2, 0.25) is 0 Å². The Hall–Kier alpha value is -1.44. The van der Waals surface area contributed by atoms with Crippen molar-refractivity contribution in [3.8, 4) is 0 Å². The molecule has 1 heterocycles. The van der Waals surface area contributed by atoms with E-state index < -0.39 is 0 Å². The first-order chi connectivity index (χ1) is 7.09. The molecule has 2 rings (SSSR count). The minimum atomic E-state index is -0.238. The van der Waals surface area contributed by atoms with E-state index in [1.165, 1.54) is 6.07 Å². The second-order valence-corrected chi connectivity index (χ2v) is 4.14. The molecule has 0 saturated carbocycles. The third-order valence-electron chi connectivity index (χ3n) is 2.57. The normalized spacial score (nSPS) is 11.3. The Balaban J connectivity index is 2.86. The molecule has 1 aromatic heterocycles. The summed E-state index contributed by atoms with van der Waals surface area (Å²) in [7, 11) is 0. The molecule has 0 atom stereocenters. The number of aryl methyl sites for hydroxylation is 1. The Labute approximate surface area is 89.0 Å². The highest BCUT2D eigenvalue weighted by atomic mass is 19.1. The number of hydrogen-bond acceptors (Lipinski definition) is 1. The highest BCUT2D eigenvalue weighted by molar-refractivity contribution is 5.83. The van der Waals surface area contributed by atoms with Gasteiger partial charge in [0.15, 0.2) is 0 Å². The molecule has 0 aliphatic carbocycles. The zero-order valence-corrected chi connectivity index (χ0v) is 9.21. The molecule has 15 heavy (non-hydrogen) atoms. The van der Waals surface area contributed by atoms with Crippen LogP contribution in [0.3, 0.4) is 0 Å². The Morgan fingerprint density at radius 3 is 2.67 bits per heavy atom. The Bertz CT molecular complexity index is 503. The standard InChI is InChI=1S/C13H14FN/c1-8(2)11-7-9(3)15-13-10(11)5-4-6-12(13)14/h4-8H,1-3H3. The summed E-state index contributed by atoms with van der Waals surface area (Å²) >= 11 is 0. The molecule has 0 N–H and O–H groups in total. The van der Waals surface area contributed by atoms with Crippen molar-refractivity contribution in [2.75, 3.05) is 0 Å². The fraction of sp³-hybridized carbons (Fsp3) is 0.308. The zero-order chi connectivity index (χ0) is 11.0. The van der Waals surface area contributed by atoms with Gasteiger partial charge in [-0.2, -0.15) is 0 Å². The van der Waals surface area contributed by atoms with Crippen molar-refractivity contribution < 1.29 is 4.39 Å². The van der Waals surface area contributed by atoms with Crippen molar-refractivity contribution in [3.63, 3.8) is 0 Å². The molecule has 1 aromatic carbocycles. The molecule has 0 spiro atoms. The molecule has 1 nitrogen and oxygen atoms in total. The van der Waals surface area contributed by atoms with Crippen LogP contribution in [0, 0.1) is 12.7 Å². The summed E-state index contributed by atoms with van der Waals surface area (Å²) in [4.78, 5) is 4.24. The average Bonchev–Trinajstić information content (AvgIpc) is 2.18. The lowest BCUT2D eigenvalue weighted by atomic mass is 9.98. The predicted octanol–water partition coefficient (Wildman–Crippen LogP) is 3.81. The minimum Gasteiger partial charge on any atom is -0.250 e. The Morgan fingerprint density at radius 2 is 2.00 bits per heavy atom. The summed E-state index contributed by atoms with van der Waals surface area (Å²) in [6.07, 6.45) is 0. The number of pyridine rings is 1. The van der Waals surface area contributed by atoms with Gasteiger partial charge in [-0.15, -0.1) is 0 Å². The summed E-state index contributed by atoms with van der Waals surface area (Å²) < 4.78 is 13.5. The maximum absolute atomic E-state index is 13.5. The van der Waals surface area contributed by atoms with Crippen LogP contribution >= 0.6 is 0 Å². The van der Waals surface area contributed by atoms with Gasteiger partial charge in [-0.25, -0.2) is 4.39 Å². The number of hydrogen-bond donors (Lipinski definition) is 0. The molecule has 0 amide bonds. The number of benzene rings is 1. The number of rotatable bonds is 1. The van der Waals surface area contributed by atoms with Gasteiger partial charge in [-0.05, 0) is 30.5 Å². The third-order valence-corrected chi connectivity index (χ3v) is 2.57. The van der Waals surface area contributed by atoms with Gasteiger partial charge in [-0.1, -0.05) is 26.0 Å². The SMILES string of the molecule is Cc1cc(C(C)C)c2cccc(F)c2n1. The quantitative estimate of drug-likeness (QED) is 0.686. The summed E-state index contributed by atoms with van der Waals surface area (Å²) in [6, 6.07) is 7.16. The first kappa shape index (κ1) is 10.1. The molecular formula is C13H14FN. The third kappa shape index (κ3) is 1.72. The van der Waals surface area contributed by atoms with Crippen LogP contribution < -0.4 is 0 Å². The Morgan fingerprint density at radius 1 is 1.27 bits per heavy atom. The van der Waals surface area contributed by atoms with Crippen LogP contribution in [0.5, 0.6) is 0 Å². The van der Waals surface area contributed by atoms with Gasteiger partial charge in [-0.3, -0.25) is 4.98 Å². The summed E-state index contributed by atoms with van der Waals surface area (Å²) in [5.41, 5.74) is 2.52. The summed E-state index contributed by atoms with van der Waals surface area (Å²) in [6.45, 7) is 6.12. The number of nitrogens with zero attached hydrogens (tertiary/aromatic N) is 1. The first-order valence-electron chi connectivity index (χ1n) is 5.15. The molecule has 2 heteroatoms. The maximum Gasteiger partial charge on any atom is 0.149 e. The monoisotopic (exact) mass is 203 g/mol. The second kappa shape index (κ2) is 3.61. The van der Waals surface area contributed by atoms with Gasteiger partial charge in [0.1, 0.15) is 11.3 Å². The van der Waals surface area contributed by atoms with Crippen LogP contribution in [-0.2, 0) is 0 Å². The van der Waals surface area contributed by atoms with E-state index in [-0.39, 0.29) is 5.82 Å². The van der Waals surface area contributed by atoms with Gasteiger partial charge in [0, 0.05) is 11.1 Å². The largest absolute Gasteiger partial charge is 0.250 e. The topological polar surface area (TPSA) is 12.9 Å². The predicted molar refractivity (Wildman–Crippen MR) is 60.5 cm³/mol. The van der Waals surface area contributed by atoms with Gasteiger partial charge in [0.25, 0.3) is 0 Å². The van der Waals surface area contributed by atoms with Crippen LogP contribution in [-0.4, -0.2) is 4.98 Å².